The third kappa shape index (κ3) is 2.84. The summed E-state index contributed by atoms with van der Waals surface area (Å²) in [6.07, 6.45) is 8.34. The molecular weight excluding hydrogens is 180 g/mol. The second-order valence-electron chi connectivity index (χ2n) is 4.83. The highest BCUT2D eigenvalue weighted by Crippen LogP contribution is 2.35. The third-order valence-electron chi connectivity index (χ3n) is 3.49. The molecule has 84 valence electrons. The minimum atomic E-state index is 0.640. The molecule has 0 nitrogen and oxygen atoms in total. The first-order valence-electron chi connectivity index (χ1n) is 6.10. The molecule has 0 fully saturated rings. The minimum absolute atomic E-state index is 0.640. The zero-order valence-electron chi connectivity index (χ0n) is 10.6. The third-order valence-corrected chi connectivity index (χ3v) is 3.49. The molecule has 2 unspecified atom stereocenters. The van der Waals surface area contributed by atoms with Crippen molar-refractivity contribution in [2.45, 2.75) is 47.0 Å². The first kappa shape index (κ1) is 12.3. The largest absolute Gasteiger partial charge is 0.0956 e. The van der Waals surface area contributed by atoms with Crippen LogP contribution in [0.15, 0.2) is 35.5 Å². The average Bonchev–Trinajstić information content (AvgIpc) is 2.69. The highest BCUT2D eigenvalue weighted by Gasteiger charge is 2.22. The molecule has 0 N–H and O–H groups in total. The summed E-state index contributed by atoms with van der Waals surface area (Å²) in [6.45, 7) is 13.2. The van der Waals surface area contributed by atoms with E-state index in [1.54, 1.807) is 0 Å². The topological polar surface area (TPSA) is 0 Å². The van der Waals surface area contributed by atoms with Gasteiger partial charge in [-0.25, -0.2) is 0 Å². The second kappa shape index (κ2) is 5.34. The maximum atomic E-state index is 4.21. The van der Waals surface area contributed by atoms with Gasteiger partial charge in [0.1, 0.15) is 0 Å². The van der Waals surface area contributed by atoms with E-state index in [2.05, 4.69) is 46.4 Å². The fraction of sp³-hybridized carbons (Fsp3) is 0.600. The molecule has 15 heavy (non-hydrogen) atoms. The summed E-state index contributed by atoms with van der Waals surface area (Å²) in [6, 6.07) is 0. The maximum absolute atomic E-state index is 4.21. The van der Waals surface area contributed by atoms with E-state index < -0.39 is 0 Å². The molecule has 0 aromatic carbocycles. The minimum Gasteiger partial charge on any atom is -0.0956 e. The zero-order valence-corrected chi connectivity index (χ0v) is 10.6. The van der Waals surface area contributed by atoms with Crippen molar-refractivity contribution in [3.63, 3.8) is 0 Å². The summed E-state index contributed by atoms with van der Waals surface area (Å²) in [5, 5.41) is 0. The number of hydrogen-bond donors (Lipinski definition) is 0. The summed E-state index contributed by atoms with van der Waals surface area (Å²) < 4.78 is 0. The monoisotopic (exact) mass is 204 g/mol. The van der Waals surface area contributed by atoms with Crippen LogP contribution in [0.4, 0.5) is 0 Å². The molecule has 2 atom stereocenters. The molecule has 0 heteroatoms. The molecule has 1 rings (SSSR count). The van der Waals surface area contributed by atoms with Crippen LogP contribution in [0.5, 0.6) is 0 Å². The van der Waals surface area contributed by atoms with Crippen molar-refractivity contribution in [1.82, 2.24) is 0 Å². The first-order valence-corrected chi connectivity index (χ1v) is 6.10. The molecule has 0 bridgehead atoms. The van der Waals surface area contributed by atoms with Crippen molar-refractivity contribution < 1.29 is 0 Å². The maximum Gasteiger partial charge on any atom is -0.0125 e. The highest BCUT2D eigenvalue weighted by atomic mass is 14.3. The van der Waals surface area contributed by atoms with Gasteiger partial charge in [-0.05, 0) is 50.5 Å². The number of rotatable bonds is 4. The van der Waals surface area contributed by atoms with Crippen molar-refractivity contribution in [3.8, 4) is 0 Å². The van der Waals surface area contributed by atoms with Gasteiger partial charge in [0, 0.05) is 0 Å². The first-order chi connectivity index (χ1) is 7.07. The van der Waals surface area contributed by atoms with Gasteiger partial charge in [-0.2, -0.15) is 0 Å². The predicted octanol–water partition coefficient (Wildman–Crippen LogP) is 4.89. The average molecular weight is 204 g/mol. The molecule has 0 amide bonds. The van der Waals surface area contributed by atoms with Gasteiger partial charge >= 0.3 is 0 Å². The standard InChI is InChI=1S/C15H24/c1-6-12(4)15(11(2)3)13(5)14-9-7-8-10-14/h7,9,13-14H,4,6,8,10H2,1-3,5H3. The fourth-order valence-electron chi connectivity index (χ4n) is 2.61. The molecule has 0 spiro atoms. The summed E-state index contributed by atoms with van der Waals surface area (Å²) in [4.78, 5) is 0. The lowest BCUT2D eigenvalue weighted by Crippen LogP contribution is -2.12. The Morgan fingerprint density at radius 1 is 1.47 bits per heavy atom. The highest BCUT2D eigenvalue weighted by molar-refractivity contribution is 5.34. The molecule has 0 aliphatic heterocycles. The van der Waals surface area contributed by atoms with Gasteiger partial charge in [0.05, 0.1) is 0 Å². The summed E-state index contributed by atoms with van der Waals surface area (Å²) in [5.74, 6) is 1.37. The van der Waals surface area contributed by atoms with Gasteiger partial charge in [-0.3, -0.25) is 0 Å². The molecule has 0 heterocycles. The molecule has 0 aromatic rings. The SMILES string of the molecule is C=C(CC)C(=C(C)C)C(C)C1C=CCC1. The Balaban J connectivity index is 2.86. The lowest BCUT2D eigenvalue weighted by Gasteiger charge is -2.24. The molecular formula is C15H24. The lowest BCUT2D eigenvalue weighted by molar-refractivity contribution is 0.480. The molecule has 0 radical (unpaired) electrons. The summed E-state index contributed by atoms with van der Waals surface area (Å²) in [5.41, 5.74) is 4.27. The second-order valence-corrected chi connectivity index (χ2v) is 4.83. The van der Waals surface area contributed by atoms with Crippen molar-refractivity contribution in [3.05, 3.63) is 35.5 Å². The molecule has 1 aliphatic rings. The van der Waals surface area contributed by atoms with Crippen molar-refractivity contribution >= 4 is 0 Å². The molecule has 0 saturated heterocycles. The van der Waals surface area contributed by atoms with Crippen LogP contribution in [0.1, 0.15) is 47.0 Å². The van der Waals surface area contributed by atoms with E-state index in [4.69, 9.17) is 0 Å². The van der Waals surface area contributed by atoms with Gasteiger partial charge in [-0.1, -0.05) is 43.7 Å². The normalized spacial score (nSPS) is 21.5. The van der Waals surface area contributed by atoms with Crippen LogP contribution < -0.4 is 0 Å². The van der Waals surface area contributed by atoms with E-state index in [1.165, 1.54) is 29.6 Å². The van der Waals surface area contributed by atoms with Crippen LogP contribution in [-0.2, 0) is 0 Å². The fourth-order valence-corrected chi connectivity index (χ4v) is 2.61. The predicted molar refractivity (Wildman–Crippen MR) is 68.8 cm³/mol. The smallest absolute Gasteiger partial charge is 0.0125 e. The number of hydrogen-bond acceptors (Lipinski definition) is 0. The van der Waals surface area contributed by atoms with Crippen LogP contribution in [0.3, 0.4) is 0 Å². The van der Waals surface area contributed by atoms with Gasteiger partial charge in [0.25, 0.3) is 0 Å². The Morgan fingerprint density at radius 2 is 2.13 bits per heavy atom. The van der Waals surface area contributed by atoms with E-state index in [0.29, 0.717) is 5.92 Å². The van der Waals surface area contributed by atoms with Crippen molar-refractivity contribution in [2.75, 3.05) is 0 Å². The van der Waals surface area contributed by atoms with Gasteiger partial charge < -0.3 is 0 Å². The van der Waals surface area contributed by atoms with Crippen LogP contribution in [0.25, 0.3) is 0 Å². The van der Waals surface area contributed by atoms with Gasteiger partial charge in [-0.15, -0.1) is 0 Å². The lowest BCUT2D eigenvalue weighted by atomic mass is 9.81. The summed E-state index contributed by atoms with van der Waals surface area (Å²) >= 11 is 0. The van der Waals surface area contributed by atoms with E-state index in [9.17, 15) is 0 Å². The van der Waals surface area contributed by atoms with Crippen molar-refractivity contribution in [1.29, 1.82) is 0 Å². The quantitative estimate of drug-likeness (QED) is 0.452. The van der Waals surface area contributed by atoms with E-state index in [-0.39, 0.29) is 0 Å². The van der Waals surface area contributed by atoms with Crippen molar-refractivity contribution in [2.24, 2.45) is 11.8 Å². The zero-order chi connectivity index (χ0) is 11.4. The van der Waals surface area contributed by atoms with E-state index >= 15 is 0 Å². The van der Waals surface area contributed by atoms with E-state index in [0.717, 1.165) is 12.3 Å². The molecule has 1 aliphatic carbocycles. The Labute approximate surface area is 94.8 Å². The Bertz CT molecular complexity index is 287. The Hall–Kier alpha value is -0.780. The van der Waals surface area contributed by atoms with Crippen LogP contribution in [0.2, 0.25) is 0 Å². The van der Waals surface area contributed by atoms with Gasteiger partial charge in [0.2, 0.25) is 0 Å². The Kier molecular flexibility index (Phi) is 4.38. The molecule has 0 saturated carbocycles. The summed E-state index contributed by atoms with van der Waals surface area (Å²) in [7, 11) is 0. The number of allylic oxidation sites excluding steroid dienone is 5. The molecule has 0 aromatic heterocycles. The van der Waals surface area contributed by atoms with Gasteiger partial charge in [0.15, 0.2) is 0 Å². The van der Waals surface area contributed by atoms with Crippen LogP contribution in [-0.4, -0.2) is 0 Å². The van der Waals surface area contributed by atoms with E-state index in [1.807, 2.05) is 0 Å². The van der Waals surface area contributed by atoms with Crippen LogP contribution in [0, 0.1) is 11.8 Å². The Morgan fingerprint density at radius 3 is 2.53 bits per heavy atom. The van der Waals surface area contributed by atoms with Crippen LogP contribution >= 0.6 is 0 Å².